The quantitative estimate of drug-likeness (QED) is 0.430. The van der Waals surface area contributed by atoms with Crippen molar-refractivity contribution in [1.82, 2.24) is 14.5 Å². The van der Waals surface area contributed by atoms with Crippen LogP contribution in [-0.2, 0) is 11.3 Å². The predicted molar refractivity (Wildman–Crippen MR) is 136 cm³/mol. The highest BCUT2D eigenvalue weighted by molar-refractivity contribution is 6.14. The second-order valence-corrected chi connectivity index (χ2v) is 9.43. The molecule has 1 aliphatic rings. The molecule has 0 aliphatic carbocycles. The number of furan rings is 1. The van der Waals surface area contributed by atoms with Gasteiger partial charge in [0.15, 0.2) is 11.5 Å². The van der Waals surface area contributed by atoms with Gasteiger partial charge in [-0.25, -0.2) is 9.78 Å². The van der Waals surface area contributed by atoms with E-state index in [0.717, 1.165) is 44.6 Å². The minimum Gasteiger partial charge on any atom is -0.464 e. The van der Waals surface area contributed by atoms with Gasteiger partial charge in [0.2, 0.25) is 0 Å². The van der Waals surface area contributed by atoms with E-state index in [-0.39, 0.29) is 11.5 Å². The molecule has 0 spiro atoms. The Hall–Kier alpha value is -3.33. The highest BCUT2D eigenvalue weighted by Gasteiger charge is 2.27. The van der Waals surface area contributed by atoms with Crippen molar-refractivity contribution in [2.75, 3.05) is 37.4 Å². The van der Waals surface area contributed by atoms with E-state index >= 15 is 0 Å². The molecule has 35 heavy (non-hydrogen) atoms. The number of rotatable bonds is 9. The molecule has 1 saturated heterocycles. The Kier molecular flexibility index (Phi) is 7.75. The lowest BCUT2D eigenvalue weighted by Gasteiger charge is -2.31. The van der Waals surface area contributed by atoms with Gasteiger partial charge in [0, 0.05) is 31.1 Å². The topological polar surface area (TPSA) is 102 Å². The zero-order valence-electron chi connectivity index (χ0n) is 21.0. The first-order valence-corrected chi connectivity index (χ1v) is 12.4. The first kappa shape index (κ1) is 24.8. The second-order valence-electron chi connectivity index (χ2n) is 9.43. The Bertz CT molecular complexity index is 1160. The van der Waals surface area contributed by atoms with Crippen molar-refractivity contribution >= 4 is 34.3 Å². The second kappa shape index (κ2) is 10.9. The number of carbonyl (C=O) groups is 2. The van der Waals surface area contributed by atoms with Crippen LogP contribution in [0, 0.1) is 5.92 Å². The Morgan fingerprint density at radius 2 is 2.06 bits per heavy atom. The molecule has 3 aromatic rings. The fourth-order valence-electron chi connectivity index (χ4n) is 4.56. The third-order valence-corrected chi connectivity index (χ3v) is 6.60. The van der Waals surface area contributed by atoms with Gasteiger partial charge in [-0.05, 0) is 49.9 Å². The average molecular weight is 482 g/mol. The van der Waals surface area contributed by atoms with Crippen molar-refractivity contribution in [3.05, 3.63) is 42.1 Å². The Morgan fingerprint density at radius 1 is 1.29 bits per heavy atom. The molecule has 1 fully saturated rings. The number of piperidine rings is 1. The fourth-order valence-corrected chi connectivity index (χ4v) is 4.56. The van der Waals surface area contributed by atoms with Crippen LogP contribution in [0.1, 0.15) is 61.1 Å². The molecule has 0 radical (unpaired) electrons. The summed E-state index contributed by atoms with van der Waals surface area (Å²) in [6.45, 7) is 10.2. The van der Waals surface area contributed by atoms with Gasteiger partial charge < -0.3 is 29.3 Å². The number of anilines is 2. The number of carbonyl (C=O) groups excluding carboxylic acids is 2. The summed E-state index contributed by atoms with van der Waals surface area (Å²) >= 11 is 0. The van der Waals surface area contributed by atoms with Crippen LogP contribution in [0.5, 0.6) is 0 Å². The summed E-state index contributed by atoms with van der Waals surface area (Å²) in [6, 6.07) is 5.54. The number of aryl methyl sites for hydroxylation is 1. The number of nitrogens with zero attached hydrogens (tertiary/aromatic N) is 3. The van der Waals surface area contributed by atoms with Crippen molar-refractivity contribution in [1.29, 1.82) is 0 Å². The summed E-state index contributed by atoms with van der Waals surface area (Å²) in [5.41, 5.74) is 2.16. The lowest BCUT2D eigenvalue weighted by Crippen LogP contribution is -2.38. The molecule has 0 bridgehead atoms. The van der Waals surface area contributed by atoms with Crippen LogP contribution in [-0.4, -0.2) is 59.1 Å². The van der Waals surface area contributed by atoms with Crippen molar-refractivity contribution in [3.63, 3.8) is 0 Å². The molecule has 1 aliphatic heterocycles. The lowest BCUT2D eigenvalue weighted by molar-refractivity contribution is 0.0589. The molecule has 9 nitrogen and oxygen atoms in total. The Morgan fingerprint density at radius 3 is 2.69 bits per heavy atom. The van der Waals surface area contributed by atoms with E-state index in [4.69, 9.17) is 14.1 Å². The summed E-state index contributed by atoms with van der Waals surface area (Å²) in [7, 11) is 1.34. The maximum absolute atomic E-state index is 12.9. The molecule has 1 amide bonds. The highest BCUT2D eigenvalue weighted by Crippen LogP contribution is 2.34. The number of nitrogens with one attached hydrogen (secondary N) is 2. The van der Waals surface area contributed by atoms with Crippen molar-refractivity contribution < 1.29 is 18.7 Å². The number of amides is 1. The van der Waals surface area contributed by atoms with Crippen molar-refractivity contribution in [2.24, 2.45) is 5.92 Å². The van der Waals surface area contributed by atoms with Crippen LogP contribution in [0.3, 0.4) is 0 Å². The normalized spacial score (nSPS) is 15.0. The van der Waals surface area contributed by atoms with Crippen LogP contribution >= 0.6 is 0 Å². The summed E-state index contributed by atoms with van der Waals surface area (Å²) in [5.74, 6) is -0.376. The largest absolute Gasteiger partial charge is 0.464 e. The number of pyridine rings is 1. The molecular formula is C26H35N5O4. The first-order valence-electron chi connectivity index (χ1n) is 12.4. The number of hydrogen-bond acceptors (Lipinski definition) is 7. The maximum atomic E-state index is 12.9. The first-order chi connectivity index (χ1) is 16.9. The van der Waals surface area contributed by atoms with Gasteiger partial charge in [0.25, 0.3) is 5.91 Å². The van der Waals surface area contributed by atoms with Crippen molar-refractivity contribution in [2.45, 2.75) is 52.6 Å². The van der Waals surface area contributed by atoms with Gasteiger partial charge in [0.1, 0.15) is 5.65 Å². The zero-order chi connectivity index (χ0) is 24.9. The molecule has 0 aromatic carbocycles. The fraction of sp³-hybridized carbons (Fsp3) is 0.500. The summed E-state index contributed by atoms with van der Waals surface area (Å²) in [4.78, 5) is 33.0. The number of aromatic nitrogens is 2. The number of hydrogen-bond donors (Lipinski definition) is 2. The van der Waals surface area contributed by atoms with Gasteiger partial charge in [-0.2, -0.15) is 0 Å². The Labute approximate surface area is 205 Å². The van der Waals surface area contributed by atoms with Crippen LogP contribution < -0.4 is 10.6 Å². The van der Waals surface area contributed by atoms with E-state index in [0.29, 0.717) is 35.2 Å². The molecule has 9 heteroatoms. The minimum atomic E-state index is -0.525. The highest BCUT2D eigenvalue weighted by atomic mass is 16.5. The van der Waals surface area contributed by atoms with Gasteiger partial charge in [0.05, 0.1) is 30.9 Å². The Balaban J connectivity index is 1.74. The summed E-state index contributed by atoms with van der Waals surface area (Å²) < 4.78 is 12.2. The molecule has 0 unspecified atom stereocenters. The zero-order valence-corrected chi connectivity index (χ0v) is 21.0. The van der Waals surface area contributed by atoms with Crippen LogP contribution in [0.4, 0.5) is 11.4 Å². The number of methoxy groups -OCH3 is 1. The van der Waals surface area contributed by atoms with Crippen LogP contribution in [0.25, 0.3) is 11.0 Å². The molecule has 0 saturated carbocycles. The van der Waals surface area contributed by atoms with E-state index in [2.05, 4.69) is 36.3 Å². The van der Waals surface area contributed by atoms with Crippen LogP contribution in [0.15, 0.2) is 35.1 Å². The molecule has 3 aromatic heterocycles. The van der Waals surface area contributed by atoms with Gasteiger partial charge in [-0.15, -0.1) is 0 Å². The van der Waals surface area contributed by atoms with Gasteiger partial charge >= 0.3 is 5.97 Å². The molecule has 188 valence electrons. The van der Waals surface area contributed by atoms with Crippen molar-refractivity contribution in [3.8, 4) is 0 Å². The number of fused-ring (bicyclic) bond motifs is 1. The lowest BCUT2D eigenvalue weighted by atomic mass is 10.0. The summed E-state index contributed by atoms with van der Waals surface area (Å²) in [5, 5.41) is 7.18. The van der Waals surface area contributed by atoms with E-state index in [1.54, 1.807) is 18.3 Å². The molecule has 2 N–H and O–H groups in total. The summed E-state index contributed by atoms with van der Waals surface area (Å²) in [6.07, 6.45) is 6.19. The predicted octanol–water partition coefficient (Wildman–Crippen LogP) is 4.61. The number of esters is 1. The number of ether oxygens (including phenoxy) is 1. The monoisotopic (exact) mass is 481 g/mol. The standard InChI is InChI=1S/C26H35N5O4/c1-5-30-11-9-18(10-12-30)28-19-15-20-22(29-25(32)21-7-6-14-35-21)23(26(33)34-4)31(13-8-17(2)3)24(20)27-16-19/h6-7,14-18,28H,5,8-13H2,1-4H3,(H,29,32). The molecular weight excluding hydrogens is 446 g/mol. The number of likely N-dealkylation sites (tertiary alicyclic amines) is 1. The van der Waals surface area contributed by atoms with E-state index in [9.17, 15) is 9.59 Å². The van der Waals surface area contributed by atoms with E-state index < -0.39 is 11.9 Å². The minimum absolute atomic E-state index is 0.161. The van der Waals surface area contributed by atoms with E-state index in [1.807, 2.05) is 10.6 Å². The average Bonchev–Trinajstić information content (AvgIpc) is 3.50. The molecule has 0 atom stereocenters. The van der Waals surface area contributed by atoms with Gasteiger partial charge in [-0.1, -0.05) is 20.8 Å². The smallest absolute Gasteiger partial charge is 0.356 e. The maximum Gasteiger partial charge on any atom is 0.356 e. The SMILES string of the molecule is CCN1CCC(Nc2cnc3c(c2)c(NC(=O)c2ccco2)c(C(=O)OC)n3CCC(C)C)CC1. The van der Waals surface area contributed by atoms with Gasteiger partial charge in [-0.3, -0.25) is 4.79 Å². The third-order valence-electron chi connectivity index (χ3n) is 6.60. The van der Waals surface area contributed by atoms with E-state index in [1.165, 1.54) is 13.4 Å². The molecule has 4 heterocycles. The van der Waals surface area contributed by atoms with Crippen LogP contribution in [0.2, 0.25) is 0 Å². The third kappa shape index (κ3) is 5.51. The molecule has 4 rings (SSSR count).